The van der Waals surface area contributed by atoms with Gasteiger partial charge in [-0.25, -0.2) is 0 Å². The second-order valence-electron chi connectivity index (χ2n) is 3.60. The standard InChI is InChI=1S/C9H20N2OS/c1-7(9(6-12)13-2)11-8-3-4-10-5-8/h7-12H,3-6H2,1-2H3. The molecule has 0 bridgehead atoms. The first kappa shape index (κ1) is 11.3. The third-order valence-electron chi connectivity index (χ3n) is 2.60. The van der Waals surface area contributed by atoms with Crippen LogP contribution in [0.1, 0.15) is 13.3 Å². The van der Waals surface area contributed by atoms with Gasteiger partial charge in [0.15, 0.2) is 0 Å². The molecule has 1 aliphatic rings. The number of nitrogens with one attached hydrogen (secondary N) is 2. The molecule has 0 aromatic heterocycles. The normalized spacial score (nSPS) is 27.5. The molecule has 3 nitrogen and oxygen atoms in total. The number of thioether (sulfide) groups is 1. The average Bonchev–Trinajstić information content (AvgIpc) is 2.59. The smallest absolute Gasteiger partial charge is 0.0564 e. The van der Waals surface area contributed by atoms with E-state index < -0.39 is 0 Å². The highest BCUT2D eigenvalue weighted by Crippen LogP contribution is 2.11. The molecule has 13 heavy (non-hydrogen) atoms. The average molecular weight is 204 g/mol. The minimum Gasteiger partial charge on any atom is -0.395 e. The molecular weight excluding hydrogens is 184 g/mol. The topological polar surface area (TPSA) is 44.3 Å². The minimum absolute atomic E-state index is 0.259. The van der Waals surface area contributed by atoms with E-state index >= 15 is 0 Å². The summed E-state index contributed by atoms with van der Waals surface area (Å²) in [5.74, 6) is 0. The highest BCUT2D eigenvalue weighted by atomic mass is 32.2. The zero-order valence-electron chi connectivity index (χ0n) is 8.42. The molecule has 0 saturated carbocycles. The molecule has 1 fully saturated rings. The van der Waals surface area contributed by atoms with Crippen molar-refractivity contribution in [3.63, 3.8) is 0 Å². The fourth-order valence-electron chi connectivity index (χ4n) is 1.71. The van der Waals surface area contributed by atoms with Gasteiger partial charge in [-0.05, 0) is 26.1 Å². The van der Waals surface area contributed by atoms with Crippen LogP contribution in [0.3, 0.4) is 0 Å². The lowest BCUT2D eigenvalue weighted by atomic mass is 10.2. The number of rotatable bonds is 5. The van der Waals surface area contributed by atoms with Crippen LogP contribution in [0, 0.1) is 0 Å². The molecule has 0 radical (unpaired) electrons. The highest BCUT2D eigenvalue weighted by Gasteiger charge is 2.20. The molecule has 3 atom stereocenters. The molecule has 0 aromatic carbocycles. The molecule has 0 spiro atoms. The van der Waals surface area contributed by atoms with Crippen LogP contribution in [0.25, 0.3) is 0 Å². The van der Waals surface area contributed by atoms with Crippen LogP contribution in [0.4, 0.5) is 0 Å². The molecule has 3 unspecified atom stereocenters. The van der Waals surface area contributed by atoms with Crippen LogP contribution < -0.4 is 10.6 Å². The first-order valence-electron chi connectivity index (χ1n) is 4.88. The largest absolute Gasteiger partial charge is 0.395 e. The molecule has 78 valence electrons. The second kappa shape index (κ2) is 5.86. The molecule has 1 rings (SSSR count). The Morgan fingerprint density at radius 3 is 2.92 bits per heavy atom. The lowest BCUT2D eigenvalue weighted by Gasteiger charge is -2.24. The number of aliphatic hydroxyl groups is 1. The van der Waals surface area contributed by atoms with Crippen LogP contribution in [0.5, 0.6) is 0 Å². The molecule has 1 saturated heterocycles. The van der Waals surface area contributed by atoms with Gasteiger partial charge in [0.2, 0.25) is 0 Å². The van der Waals surface area contributed by atoms with E-state index in [2.05, 4.69) is 17.6 Å². The summed E-state index contributed by atoms with van der Waals surface area (Å²) in [4.78, 5) is 0. The summed E-state index contributed by atoms with van der Waals surface area (Å²) in [5.41, 5.74) is 0. The Hall–Kier alpha value is 0.230. The third-order valence-corrected chi connectivity index (χ3v) is 3.76. The van der Waals surface area contributed by atoms with Gasteiger partial charge >= 0.3 is 0 Å². The van der Waals surface area contributed by atoms with Crippen molar-refractivity contribution in [3.8, 4) is 0 Å². The van der Waals surface area contributed by atoms with Gasteiger partial charge in [0.25, 0.3) is 0 Å². The SMILES string of the molecule is CSC(CO)C(C)NC1CCNC1. The van der Waals surface area contributed by atoms with Crippen molar-refractivity contribution in [2.75, 3.05) is 26.0 Å². The maximum absolute atomic E-state index is 9.09. The van der Waals surface area contributed by atoms with Gasteiger partial charge < -0.3 is 15.7 Å². The zero-order chi connectivity index (χ0) is 9.68. The monoisotopic (exact) mass is 204 g/mol. The van der Waals surface area contributed by atoms with Crippen LogP contribution in [0.15, 0.2) is 0 Å². The first-order valence-corrected chi connectivity index (χ1v) is 6.17. The zero-order valence-corrected chi connectivity index (χ0v) is 9.23. The van der Waals surface area contributed by atoms with Crippen LogP contribution in [-0.2, 0) is 0 Å². The number of aliphatic hydroxyl groups excluding tert-OH is 1. The summed E-state index contributed by atoms with van der Waals surface area (Å²) in [6.07, 6.45) is 3.25. The van der Waals surface area contributed by atoms with Crippen molar-refractivity contribution in [1.29, 1.82) is 0 Å². The van der Waals surface area contributed by atoms with Crippen LogP contribution >= 0.6 is 11.8 Å². The Kier molecular flexibility index (Phi) is 5.09. The summed E-state index contributed by atoms with van der Waals surface area (Å²) >= 11 is 1.73. The lowest BCUT2D eigenvalue weighted by molar-refractivity contribution is 0.271. The summed E-state index contributed by atoms with van der Waals surface area (Å²) < 4.78 is 0. The fraction of sp³-hybridized carbons (Fsp3) is 1.00. The highest BCUT2D eigenvalue weighted by molar-refractivity contribution is 7.99. The van der Waals surface area contributed by atoms with Gasteiger partial charge in [-0.1, -0.05) is 0 Å². The van der Waals surface area contributed by atoms with Crippen LogP contribution in [-0.4, -0.2) is 48.4 Å². The maximum atomic E-state index is 9.09. The van der Waals surface area contributed by atoms with Crippen molar-refractivity contribution in [1.82, 2.24) is 10.6 Å². The van der Waals surface area contributed by atoms with Gasteiger partial charge in [-0.3, -0.25) is 0 Å². The molecule has 0 aromatic rings. The molecule has 0 amide bonds. The predicted molar refractivity (Wildman–Crippen MR) is 58.3 cm³/mol. The quantitative estimate of drug-likeness (QED) is 0.592. The summed E-state index contributed by atoms with van der Waals surface area (Å²) in [7, 11) is 0. The Balaban J connectivity index is 2.25. The van der Waals surface area contributed by atoms with Crippen molar-refractivity contribution in [2.45, 2.75) is 30.7 Å². The van der Waals surface area contributed by atoms with E-state index in [9.17, 15) is 0 Å². The van der Waals surface area contributed by atoms with Crippen LogP contribution in [0.2, 0.25) is 0 Å². The van der Waals surface area contributed by atoms with Gasteiger partial charge in [0.05, 0.1) is 6.61 Å². The summed E-state index contributed by atoms with van der Waals surface area (Å²) in [5, 5.41) is 16.3. The first-order chi connectivity index (χ1) is 6.27. The van der Waals surface area contributed by atoms with Gasteiger partial charge in [0.1, 0.15) is 0 Å². The Morgan fingerprint density at radius 1 is 1.69 bits per heavy atom. The van der Waals surface area contributed by atoms with E-state index in [0.717, 1.165) is 13.1 Å². The molecular formula is C9H20N2OS. The fourth-order valence-corrected chi connectivity index (χ4v) is 2.35. The summed E-state index contributed by atoms with van der Waals surface area (Å²) in [6.45, 7) is 4.59. The molecule has 1 heterocycles. The molecule has 1 aliphatic heterocycles. The van der Waals surface area contributed by atoms with Gasteiger partial charge in [-0.2, -0.15) is 11.8 Å². The Labute approximate surface area is 84.7 Å². The van der Waals surface area contributed by atoms with Crippen molar-refractivity contribution >= 4 is 11.8 Å². The Morgan fingerprint density at radius 2 is 2.46 bits per heavy atom. The number of hydrogen-bond acceptors (Lipinski definition) is 4. The lowest BCUT2D eigenvalue weighted by Crippen LogP contribution is -2.44. The van der Waals surface area contributed by atoms with Gasteiger partial charge in [-0.15, -0.1) is 0 Å². The van der Waals surface area contributed by atoms with E-state index in [-0.39, 0.29) is 6.61 Å². The predicted octanol–water partition coefficient (Wildman–Crippen LogP) is 0.0503. The Bertz CT molecular complexity index is 136. The van der Waals surface area contributed by atoms with E-state index in [0.29, 0.717) is 17.3 Å². The number of hydrogen-bond donors (Lipinski definition) is 3. The van der Waals surface area contributed by atoms with E-state index in [4.69, 9.17) is 5.11 Å². The van der Waals surface area contributed by atoms with Crippen molar-refractivity contribution in [3.05, 3.63) is 0 Å². The van der Waals surface area contributed by atoms with Crippen molar-refractivity contribution < 1.29 is 5.11 Å². The van der Waals surface area contributed by atoms with E-state index in [1.165, 1.54) is 6.42 Å². The molecule has 3 N–H and O–H groups in total. The minimum atomic E-state index is 0.259. The molecule has 4 heteroatoms. The molecule has 0 aliphatic carbocycles. The van der Waals surface area contributed by atoms with E-state index in [1.54, 1.807) is 11.8 Å². The van der Waals surface area contributed by atoms with Gasteiger partial charge in [0, 0.05) is 23.9 Å². The van der Waals surface area contributed by atoms with E-state index in [1.807, 2.05) is 6.26 Å². The maximum Gasteiger partial charge on any atom is 0.0564 e. The second-order valence-corrected chi connectivity index (χ2v) is 4.68. The third kappa shape index (κ3) is 3.46. The summed E-state index contributed by atoms with van der Waals surface area (Å²) in [6, 6.07) is 0.987. The van der Waals surface area contributed by atoms with Crippen molar-refractivity contribution in [2.24, 2.45) is 0 Å².